The number of esters is 2. The Labute approximate surface area is 95.9 Å². The number of carbonyl (C=O) groups is 2. The predicted molar refractivity (Wildman–Crippen MR) is 60.8 cm³/mol. The molecule has 0 atom stereocenters. The normalized spacial score (nSPS) is 12.2. The molecule has 0 unspecified atom stereocenters. The fourth-order valence-corrected chi connectivity index (χ4v) is 1.09. The average Bonchev–Trinajstić information content (AvgIpc) is 2.27. The molecule has 0 spiro atoms. The number of hydrogen-bond donors (Lipinski definition) is 0. The molecule has 0 aliphatic rings. The Morgan fingerprint density at radius 1 is 1.12 bits per heavy atom. The van der Waals surface area contributed by atoms with E-state index in [4.69, 9.17) is 0 Å². The van der Waals surface area contributed by atoms with E-state index in [-0.39, 0.29) is 11.9 Å². The molecule has 0 amide bonds. The Morgan fingerprint density at radius 3 is 2.25 bits per heavy atom. The number of ether oxygens (including phenoxy) is 2. The highest BCUT2D eigenvalue weighted by molar-refractivity contribution is 5.87. The van der Waals surface area contributed by atoms with Gasteiger partial charge in [-0.15, -0.1) is 0 Å². The summed E-state index contributed by atoms with van der Waals surface area (Å²) in [7, 11) is 2.69. The van der Waals surface area contributed by atoms with Crippen molar-refractivity contribution in [1.29, 1.82) is 0 Å². The molecule has 0 bridgehead atoms. The van der Waals surface area contributed by atoms with Crippen molar-refractivity contribution in [3.05, 3.63) is 23.3 Å². The van der Waals surface area contributed by atoms with Crippen LogP contribution in [0.15, 0.2) is 23.3 Å². The molecule has 0 N–H and O–H groups in total. The van der Waals surface area contributed by atoms with Crippen LogP contribution in [0.3, 0.4) is 0 Å². The van der Waals surface area contributed by atoms with Gasteiger partial charge in [0.15, 0.2) is 0 Å². The summed E-state index contributed by atoms with van der Waals surface area (Å²) in [5.41, 5.74) is 1.49. The van der Waals surface area contributed by atoms with Crippen LogP contribution < -0.4 is 0 Å². The van der Waals surface area contributed by atoms with Crippen molar-refractivity contribution in [2.24, 2.45) is 0 Å². The third-order valence-electron chi connectivity index (χ3n) is 2.06. The van der Waals surface area contributed by atoms with Gasteiger partial charge in [0, 0.05) is 11.6 Å². The minimum Gasteiger partial charge on any atom is -0.466 e. The molecule has 0 aliphatic heterocycles. The van der Waals surface area contributed by atoms with Crippen LogP contribution in [-0.2, 0) is 19.1 Å². The molecule has 0 aromatic carbocycles. The maximum absolute atomic E-state index is 11.0. The topological polar surface area (TPSA) is 52.6 Å². The van der Waals surface area contributed by atoms with Crippen LogP contribution in [0.2, 0.25) is 0 Å². The lowest BCUT2D eigenvalue weighted by Crippen LogP contribution is -2.01. The molecule has 0 saturated heterocycles. The summed E-state index contributed by atoms with van der Waals surface area (Å²) in [5.74, 6) is -0.680. The van der Waals surface area contributed by atoms with E-state index in [2.05, 4.69) is 9.47 Å². The first kappa shape index (κ1) is 14.4. The monoisotopic (exact) mass is 226 g/mol. The molecule has 0 saturated carbocycles. The standard InChI is InChI=1S/C12H18O4/c1-9(8-11(13)15-3)6-5-7-10(2)12(14)16-4/h7-8H,5-6H2,1-4H3/b9-8+,10-7-. The van der Waals surface area contributed by atoms with Crippen LogP contribution in [0.4, 0.5) is 0 Å². The molecule has 0 fully saturated rings. The number of carbonyl (C=O) groups excluding carboxylic acids is 2. The van der Waals surface area contributed by atoms with Gasteiger partial charge in [0.25, 0.3) is 0 Å². The van der Waals surface area contributed by atoms with E-state index in [0.29, 0.717) is 18.4 Å². The van der Waals surface area contributed by atoms with Gasteiger partial charge in [-0.05, 0) is 26.7 Å². The van der Waals surface area contributed by atoms with Crippen molar-refractivity contribution < 1.29 is 19.1 Å². The first-order chi connectivity index (χ1) is 7.51. The third kappa shape index (κ3) is 6.01. The predicted octanol–water partition coefficient (Wildman–Crippen LogP) is 2.01. The highest BCUT2D eigenvalue weighted by Crippen LogP contribution is 2.07. The van der Waals surface area contributed by atoms with Gasteiger partial charge in [-0.1, -0.05) is 11.6 Å². The Hall–Kier alpha value is -1.58. The summed E-state index contributed by atoms with van der Waals surface area (Å²) in [6.07, 6.45) is 4.64. The maximum atomic E-state index is 11.0. The summed E-state index contributed by atoms with van der Waals surface area (Å²) in [5, 5.41) is 0. The van der Waals surface area contributed by atoms with Gasteiger partial charge in [0.1, 0.15) is 0 Å². The number of rotatable bonds is 5. The molecule has 4 heteroatoms. The molecule has 0 aromatic rings. The van der Waals surface area contributed by atoms with Crippen LogP contribution in [0, 0.1) is 0 Å². The summed E-state index contributed by atoms with van der Waals surface area (Å²) >= 11 is 0. The van der Waals surface area contributed by atoms with Crippen LogP contribution in [0.5, 0.6) is 0 Å². The second kappa shape index (κ2) is 7.68. The summed E-state index contributed by atoms with van der Waals surface area (Å²) in [4.78, 5) is 21.9. The average molecular weight is 226 g/mol. The first-order valence-electron chi connectivity index (χ1n) is 5.01. The largest absolute Gasteiger partial charge is 0.466 e. The molecule has 4 nitrogen and oxygen atoms in total. The van der Waals surface area contributed by atoms with Gasteiger partial charge in [-0.25, -0.2) is 9.59 Å². The molecule has 16 heavy (non-hydrogen) atoms. The second-order valence-electron chi connectivity index (χ2n) is 3.43. The highest BCUT2D eigenvalue weighted by atomic mass is 16.5. The Balaban J connectivity index is 4.12. The van der Waals surface area contributed by atoms with E-state index in [9.17, 15) is 9.59 Å². The number of allylic oxidation sites excluding steroid dienone is 2. The molecule has 0 aliphatic carbocycles. The molecular weight excluding hydrogens is 208 g/mol. The molecule has 0 aromatic heterocycles. The Bertz CT molecular complexity index is 313. The highest BCUT2D eigenvalue weighted by Gasteiger charge is 2.02. The number of hydrogen-bond acceptors (Lipinski definition) is 4. The summed E-state index contributed by atoms with van der Waals surface area (Å²) in [6, 6.07) is 0. The van der Waals surface area contributed by atoms with Gasteiger partial charge in [0.05, 0.1) is 14.2 Å². The van der Waals surface area contributed by atoms with Crippen molar-refractivity contribution in [2.45, 2.75) is 26.7 Å². The van der Waals surface area contributed by atoms with E-state index in [1.54, 1.807) is 13.0 Å². The quantitative estimate of drug-likeness (QED) is 0.531. The first-order valence-corrected chi connectivity index (χ1v) is 5.01. The van der Waals surface area contributed by atoms with Crippen molar-refractivity contribution >= 4 is 11.9 Å². The lowest BCUT2D eigenvalue weighted by molar-refractivity contribution is -0.136. The van der Waals surface area contributed by atoms with E-state index >= 15 is 0 Å². The Kier molecular flexibility index (Phi) is 6.92. The zero-order valence-electron chi connectivity index (χ0n) is 10.2. The number of methoxy groups -OCH3 is 2. The molecular formula is C12H18O4. The van der Waals surface area contributed by atoms with Gasteiger partial charge < -0.3 is 9.47 Å². The molecule has 0 heterocycles. The Morgan fingerprint density at radius 2 is 1.75 bits per heavy atom. The van der Waals surface area contributed by atoms with E-state index in [1.165, 1.54) is 20.3 Å². The fourth-order valence-electron chi connectivity index (χ4n) is 1.09. The van der Waals surface area contributed by atoms with Crippen LogP contribution in [-0.4, -0.2) is 26.2 Å². The molecule has 0 rings (SSSR count). The minimum absolute atomic E-state index is 0.324. The van der Waals surface area contributed by atoms with Crippen molar-refractivity contribution in [3.8, 4) is 0 Å². The van der Waals surface area contributed by atoms with Crippen molar-refractivity contribution in [3.63, 3.8) is 0 Å². The minimum atomic E-state index is -0.355. The summed E-state index contributed by atoms with van der Waals surface area (Å²) < 4.78 is 9.05. The van der Waals surface area contributed by atoms with E-state index in [1.807, 2.05) is 6.92 Å². The van der Waals surface area contributed by atoms with Crippen LogP contribution in [0.1, 0.15) is 26.7 Å². The van der Waals surface area contributed by atoms with E-state index in [0.717, 1.165) is 5.57 Å². The molecule has 0 radical (unpaired) electrons. The van der Waals surface area contributed by atoms with E-state index < -0.39 is 0 Å². The zero-order chi connectivity index (χ0) is 12.6. The van der Waals surface area contributed by atoms with Gasteiger partial charge in [-0.3, -0.25) is 0 Å². The summed E-state index contributed by atoms with van der Waals surface area (Å²) in [6.45, 7) is 3.55. The zero-order valence-corrected chi connectivity index (χ0v) is 10.2. The third-order valence-corrected chi connectivity index (χ3v) is 2.06. The van der Waals surface area contributed by atoms with Gasteiger partial charge in [-0.2, -0.15) is 0 Å². The van der Waals surface area contributed by atoms with Crippen molar-refractivity contribution in [1.82, 2.24) is 0 Å². The maximum Gasteiger partial charge on any atom is 0.333 e. The second-order valence-corrected chi connectivity index (χ2v) is 3.43. The smallest absolute Gasteiger partial charge is 0.333 e. The SMILES string of the molecule is COC(=O)/C=C(\C)CC/C=C(/C)C(=O)OC. The van der Waals surface area contributed by atoms with Gasteiger partial charge >= 0.3 is 11.9 Å². The lowest BCUT2D eigenvalue weighted by Gasteiger charge is -2.00. The lowest BCUT2D eigenvalue weighted by atomic mass is 10.1. The van der Waals surface area contributed by atoms with Gasteiger partial charge in [0.2, 0.25) is 0 Å². The van der Waals surface area contributed by atoms with Crippen LogP contribution in [0.25, 0.3) is 0 Å². The fraction of sp³-hybridized carbons (Fsp3) is 0.500. The molecule has 90 valence electrons. The van der Waals surface area contributed by atoms with Crippen molar-refractivity contribution in [2.75, 3.05) is 14.2 Å². The van der Waals surface area contributed by atoms with Crippen LogP contribution >= 0.6 is 0 Å².